The molecule has 1 aromatic carbocycles. The summed E-state index contributed by atoms with van der Waals surface area (Å²) in [6, 6.07) is 10.2. The Hall–Kier alpha value is -1.87. The van der Waals surface area contributed by atoms with Gasteiger partial charge in [-0.15, -0.1) is 0 Å². The molecule has 2 aliphatic rings. The minimum Gasteiger partial charge on any atom is -0.299 e. The van der Waals surface area contributed by atoms with Gasteiger partial charge in [-0.2, -0.15) is 0 Å². The van der Waals surface area contributed by atoms with E-state index < -0.39 is 0 Å². The third-order valence-electron chi connectivity index (χ3n) is 6.17. The van der Waals surface area contributed by atoms with Gasteiger partial charge < -0.3 is 0 Å². The molecule has 2 nitrogen and oxygen atoms in total. The number of ketones is 2. The maximum absolute atomic E-state index is 12.8. The quantitative estimate of drug-likeness (QED) is 0.438. The lowest BCUT2D eigenvalue weighted by molar-refractivity contribution is -0.126. The SMILES string of the molecule is C=C/C(=C\C[C@]1(C)C(=O)CC[C@H]1[C@H]1C=C(C)C(=O)CC1)Sc1ccccc1. The largest absolute Gasteiger partial charge is 0.299 e. The summed E-state index contributed by atoms with van der Waals surface area (Å²) in [5, 5.41) is 0. The van der Waals surface area contributed by atoms with Gasteiger partial charge in [0.05, 0.1) is 0 Å². The highest BCUT2D eigenvalue weighted by atomic mass is 32.2. The second-order valence-electron chi connectivity index (χ2n) is 7.89. The van der Waals surface area contributed by atoms with Crippen molar-refractivity contribution in [2.45, 2.75) is 50.8 Å². The molecule has 0 unspecified atom stereocenters. The predicted molar refractivity (Wildman–Crippen MR) is 113 cm³/mol. The third-order valence-corrected chi connectivity index (χ3v) is 7.25. The van der Waals surface area contributed by atoms with E-state index in [0.717, 1.165) is 29.7 Å². The van der Waals surface area contributed by atoms with Crippen LogP contribution < -0.4 is 0 Å². The van der Waals surface area contributed by atoms with Crippen molar-refractivity contribution in [2.75, 3.05) is 0 Å². The van der Waals surface area contributed by atoms with Crippen LogP contribution in [-0.4, -0.2) is 11.6 Å². The normalized spacial score (nSPS) is 29.0. The minimum absolute atomic E-state index is 0.255. The molecular weight excluding hydrogens is 352 g/mol. The van der Waals surface area contributed by atoms with Crippen molar-refractivity contribution in [1.29, 1.82) is 0 Å². The molecule has 142 valence electrons. The lowest BCUT2D eigenvalue weighted by Gasteiger charge is -2.35. The number of hydrogen-bond acceptors (Lipinski definition) is 3. The third kappa shape index (κ3) is 4.35. The van der Waals surface area contributed by atoms with E-state index in [1.807, 2.05) is 31.2 Å². The summed E-state index contributed by atoms with van der Waals surface area (Å²) in [6.45, 7) is 7.98. The number of benzene rings is 1. The molecule has 3 heteroatoms. The lowest BCUT2D eigenvalue weighted by atomic mass is 9.67. The predicted octanol–water partition coefficient (Wildman–Crippen LogP) is 6.15. The first-order chi connectivity index (χ1) is 12.9. The topological polar surface area (TPSA) is 34.1 Å². The Morgan fingerprint density at radius 3 is 2.63 bits per heavy atom. The fourth-order valence-corrected chi connectivity index (χ4v) is 5.28. The van der Waals surface area contributed by atoms with Crippen LogP contribution in [0, 0.1) is 17.3 Å². The summed E-state index contributed by atoms with van der Waals surface area (Å²) in [6.07, 6.45) is 9.98. The first-order valence-electron chi connectivity index (χ1n) is 9.74. The molecule has 27 heavy (non-hydrogen) atoms. The van der Waals surface area contributed by atoms with Crippen molar-refractivity contribution in [3.05, 3.63) is 65.6 Å². The monoisotopic (exact) mass is 380 g/mol. The van der Waals surface area contributed by atoms with Gasteiger partial charge in [0.1, 0.15) is 5.78 Å². The number of rotatable bonds is 6. The molecule has 0 aromatic heterocycles. The summed E-state index contributed by atoms with van der Waals surface area (Å²) in [4.78, 5) is 26.9. The standard InChI is InChI=1S/C24H28O2S/c1-4-19(27-20-8-6-5-7-9-20)14-15-24(3)21(11-13-23(24)26)18-10-12-22(25)17(2)16-18/h4-9,14,16,18,21H,1,10-13,15H2,2-3H3/b19-14+/t18-,21+,24+/m1/s1. The van der Waals surface area contributed by atoms with E-state index in [1.54, 1.807) is 11.8 Å². The molecule has 0 heterocycles. The fourth-order valence-electron chi connectivity index (χ4n) is 4.46. The number of Topliss-reactive ketones (excluding diaryl/α,β-unsaturated/α-hetero) is 2. The zero-order valence-corrected chi connectivity index (χ0v) is 17.1. The van der Waals surface area contributed by atoms with Gasteiger partial charge in [0, 0.05) is 28.1 Å². The molecule has 0 N–H and O–H groups in total. The van der Waals surface area contributed by atoms with Gasteiger partial charge in [-0.3, -0.25) is 9.59 Å². The Balaban J connectivity index is 1.78. The Morgan fingerprint density at radius 1 is 1.22 bits per heavy atom. The van der Waals surface area contributed by atoms with Gasteiger partial charge in [-0.25, -0.2) is 0 Å². The van der Waals surface area contributed by atoms with Gasteiger partial charge in [-0.1, -0.05) is 61.7 Å². The molecular formula is C24H28O2S. The Labute approximate surface area is 166 Å². The lowest BCUT2D eigenvalue weighted by Crippen LogP contribution is -2.34. The average Bonchev–Trinajstić information content (AvgIpc) is 2.97. The molecule has 1 fully saturated rings. The Morgan fingerprint density at radius 2 is 1.96 bits per heavy atom. The summed E-state index contributed by atoms with van der Waals surface area (Å²) < 4.78 is 0. The van der Waals surface area contributed by atoms with Crippen LogP contribution in [0.15, 0.2) is 70.5 Å². The van der Waals surface area contributed by atoms with Crippen molar-refractivity contribution in [1.82, 2.24) is 0 Å². The van der Waals surface area contributed by atoms with E-state index in [4.69, 9.17) is 0 Å². The molecule has 1 aromatic rings. The first kappa shape index (κ1) is 19.9. The number of carbonyl (C=O) groups is 2. The van der Waals surface area contributed by atoms with Crippen LogP contribution in [-0.2, 0) is 9.59 Å². The summed E-state index contributed by atoms with van der Waals surface area (Å²) in [5.74, 6) is 1.27. The Bertz CT molecular complexity index is 790. The van der Waals surface area contributed by atoms with Crippen LogP contribution in [0.1, 0.15) is 46.0 Å². The fraction of sp³-hybridized carbons (Fsp3) is 0.417. The number of thioether (sulfide) groups is 1. The molecule has 0 radical (unpaired) electrons. The van der Waals surface area contributed by atoms with Crippen molar-refractivity contribution in [3.63, 3.8) is 0 Å². The molecule has 1 saturated carbocycles. The van der Waals surface area contributed by atoms with E-state index in [-0.39, 0.29) is 11.2 Å². The molecule has 3 rings (SSSR count). The van der Waals surface area contributed by atoms with E-state index in [1.165, 1.54) is 4.90 Å². The molecule has 0 bridgehead atoms. The van der Waals surface area contributed by atoms with Gasteiger partial charge in [0.25, 0.3) is 0 Å². The van der Waals surface area contributed by atoms with Gasteiger partial charge in [0.2, 0.25) is 0 Å². The number of hydrogen-bond donors (Lipinski definition) is 0. The van der Waals surface area contributed by atoms with Crippen LogP contribution in [0.3, 0.4) is 0 Å². The summed E-state index contributed by atoms with van der Waals surface area (Å²) >= 11 is 1.68. The second-order valence-corrected chi connectivity index (χ2v) is 9.04. The molecule has 0 aliphatic heterocycles. The highest BCUT2D eigenvalue weighted by Gasteiger charge is 2.48. The van der Waals surface area contributed by atoms with E-state index in [2.05, 4.69) is 37.8 Å². The summed E-state index contributed by atoms with van der Waals surface area (Å²) in [7, 11) is 0. The minimum atomic E-state index is -0.354. The second kappa shape index (κ2) is 8.43. The zero-order valence-electron chi connectivity index (χ0n) is 16.2. The number of allylic oxidation sites excluding steroid dienone is 4. The van der Waals surface area contributed by atoms with E-state index in [0.29, 0.717) is 30.5 Å². The van der Waals surface area contributed by atoms with Crippen molar-refractivity contribution in [2.24, 2.45) is 17.3 Å². The summed E-state index contributed by atoms with van der Waals surface area (Å²) in [5.41, 5.74) is 0.516. The average molecular weight is 381 g/mol. The van der Waals surface area contributed by atoms with Crippen molar-refractivity contribution >= 4 is 23.3 Å². The highest BCUT2D eigenvalue weighted by Crippen LogP contribution is 2.50. The first-order valence-corrected chi connectivity index (χ1v) is 10.6. The van der Waals surface area contributed by atoms with Crippen LogP contribution in [0.25, 0.3) is 0 Å². The molecule has 0 amide bonds. The highest BCUT2D eigenvalue weighted by molar-refractivity contribution is 8.03. The van der Waals surface area contributed by atoms with Crippen LogP contribution >= 0.6 is 11.8 Å². The van der Waals surface area contributed by atoms with Gasteiger partial charge in [0.15, 0.2) is 5.78 Å². The van der Waals surface area contributed by atoms with Crippen molar-refractivity contribution in [3.8, 4) is 0 Å². The molecule has 0 saturated heterocycles. The maximum atomic E-state index is 12.8. The van der Waals surface area contributed by atoms with E-state index >= 15 is 0 Å². The molecule has 2 aliphatic carbocycles. The van der Waals surface area contributed by atoms with Gasteiger partial charge in [-0.05, 0) is 55.7 Å². The molecule has 0 spiro atoms. The van der Waals surface area contributed by atoms with Gasteiger partial charge >= 0.3 is 0 Å². The van der Waals surface area contributed by atoms with Crippen LogP contribution in [0.2, 0.25) is 0 Å². The maximum Gasteiger partial charge on any atom is 0.158 e. The van der Waals surface area contributed by atoms with Crippen LogP contribution in [0.4, 0.5) is 0 Å². The van der Waals surface area contributed by atoms with E-state index in [9.17, 15) is 9.59 Å². The number of carbonyl (C=O) groups excluding carboxylic acids is 2. The smallest absolute Gasteiger partial charge is 0.158 e. The zero-order chi connectivity index (χ0) is 19.4. The van der Waals surface area contributed by atoms with Crippen molar-refractivity contribution < 1.29 is 9.59 Å². The Kier molecular flexibility index (Phi) is 6.21. The van der Waals surface area contributed by atoms with Crippen LogP contribution in [0.5, 0.6) is 0 Å². The molecule has 3 atom stereocenters.